The minimum atomic E-state index is 0.506. The van der Waals surface area contributed by atoms with E-state index in [1.54, 1.807) is 0 Å². The molecule has 0 saturated carbocycles. The van der Waals surface area contributed by atoms with Gasteiger partial charge < -0.3 is 5.73 Å². The van der Waals surface area contributed by atoms with E-state index in [-0.39, 0.29) is 0 Å². The molecule has 0 atom stereocenters. The summed E-state index contributed by atoms with van der Waals surface area (Å²) < 4.78 is 0. The Bertz CT molecular complexity index is 116. The van der Waals surface area contributed by atoms with Crippen LogP contribution in [-0.2, 0) is 0 Å². The molecule has 0 aromatic rings. The molecule has 0 saturated heterocycles. The van der Waals surface area contributed by atoms with Gasteiger partial charge in [0, 0.05) is 0 Å². The number of hydrogen-bond acceptors (Lipinski definition) is 1. The molecule has 0 aliphatic rings. The van der Waals surface area contributed by atoms with Crippen LogP contribution in [0.1, 0.15) is 20.3 Å². The number of allylic oxidation sites excluding steroid dienone is 1. The first-order chi connectivity index (χ1) is 3.68. The van der Waals surface area contributed by atoms with Crippen LogP contribution < -0.4 is 5.73 Å². The van der Waals surface area contributed by atoms with Gasteiger partial charge in [0.15, 0.2) is 0 Å². The van der Waals surface area contributed by atoms with E-state index in [1.807, 2.05) is 13.0 Å². The van der Waals surface area contributed by atoms with Gasteiger partial charge in [0.1, 0.15) is 0 Å². The lowest BCUT2D eigenvalue weighted by atomic mass is 10.2. The predicted molar refractivity (Wildman–Crippen MR) is 40.8 cm³/mol. The Morgan fingerprint density at radius 2 is 2.25 bits per heavy atom. The topological polar surface area (TPSA) is 26.0 Å². The Balaban J connectivity index is 3.80. The fourth-order valence-electron chi connectivity index (χ4n) is 0.407. The molecule has 0 aromatic heterocycles. The Hall–Kier alpha value is -0.370. The molecule has 2 heteroatoms. The molecule has 0 aromatic carbocycles. The minimum Gasteiger partial charge on any atom is -0.390 e. The van der Waals surface area contributed by atoms with Crippen molar-refractivity contribution in [3.8, 4) is 0 Å². The third-order valence-electron chi connectivity index (χ3n) is 0.899. The van der Waals surface area contributed by atoms with E-state index in [4.69, 9.17) is 18.0 Å². The third kappa shape index (κ3) is 2.75. The molecule has 46 valence electrons. The van der Waals surface area contributed by atoms with Crippen LogP contribution in [0.4, 0.5) is 0 Å². The lowest BCUT2D eigenvalue weighted by Crippen LogP contribution is -2.08. The first-order valence-corrected chi connectivity index (χ1v) is 3.06. The zero-order valence-electron chi connectivity index (χ0n) is 5.27. The van der Waals surface area contributed by atoms with Crippen molar-refractivity contribution < 1.29 is 0 Å². The molecule has 8 heavy (non-hydrogen) atoms. The summed E-state index contributed by atoms with van der Waals surface area (Å²) in [6.45, 7) is 3.98. The smallest absolute Gasteiger partial charge is 0.0988 e. The summed E-state index contributed by atoms with van der Waals surface area (Å²) in [4.78, 5) is 0.506. The number of rotatable bonds is 2. The van der Waals surface area contributed by atoms with Crippen LogP contribution in [-0.4, -0.2) is 4.99 Å². The molecule has 1 nitrogen and oxygen atoms in total. The predicted octanol–water partition coefficient (Wildman–Crippen LogP) is 1.63. The highest BCUT2D eigenvalue weighted by Crippen LogP contribution is 1.93. The zero-order valence-corrected chi connectivity index (χ0v) is 6.09. The Kier molecular flexibility index (Phi) is 3.44. The fourth-order valence-corrected chi connectivity index (χ4v) is 0.490. The van der Waals surface area contributed by atoms with Gasteiger partial charge in [-0.3, -0.25) is 0 Å². The summed E-state index contributed by atoms with van der Waals surface area (Å²) in [5, 5.41) is 0. The second-order valence-electron chi connectivity index (χ2n) is 1.66. The van der Waals surface area contributed by atoms with E-state index in [1.165, 1.54) is 0 Å². The summed E-state index contributed by atoms with van der Waals surface area (Å²) in [6, 6.07) is 0. The van der Waals surface area contributed by atoms with E-state index in [2.05, 4.69) is 6.92 Å². The monoisotopic (exact) mass is 129 g/mol. The van der Waals surface area contributed by atoms with Gasteiger partial charge in [0.05, 0.1) is 4.99 Å². The maximum absolute atomic E-state index is 5.29. The first-order valence-electron chi connectivity index (χ1n) is 2.65. The second-order valence-corrected chi connectivity index (χ2v) is 2.10. The van der Waals surface area contributed by atoms with Crippen molar-refractivity contribution in [1.82, 2.24) is 0 Å². The van der Waals surface area contributed by atoms with Crippen LogP contribution in [0.25, 0.3) is 0 Å². The summed E-state index contributed by atoms with van der Waals surface area (Å²) in [5.74, 6) is 0. The molecule has 0 bridgehead atoms. The highest BCUT2D eigenvalue weighted by molar-refractivity contribution is 7.80. The third-order valence-corrected chi connectivity index (χ3v) is 1.22. The van der Waals surface area contributed by atoms with Crippen LogP contribution in [0.2, 0.25) is 0 Å². The molecule has 0 spiro atoms. The summed E-state index contributed by atoms with van der Waals surface area (Å²) in [7, 11) is 0. The van der Waals surface area contributed by atoms with Crippen LogP contribution >= 0.6 is 12.2 Å². The molecule has 0 heterocycles. The summed E-state index contributed by atoms with van der Waals surface area (Å²) >= 11 is 4.69. The molecule has 2 N–H and O–H groups in total. The molecule has 0 aliphatic heterocycles. The first kappa shape index (κ1) is 7.63. The highest BCUT2D eigenvalue weighted by atomic mass is 32.1. The lowest BCUT2D eigenvalue weighted by Gasteiger charge is -1.92. The molecule has 0 fully saturated rings. The molecule has 0 rings (SSSR count). The second kappa shape index (κ2) is 3.61. The van der Waals surface area contributed by atoms with Crippen molar-refractivity contribution in [2.24, 2.45) is 5.73 Å². The van der Waals surface area contributed by atoms with Gasteiger partial charge in [-0.1, -0.05) is 25.2 Å². The number of nitrogens with two attached hydrogens (primary N) is 1. The molecular formula is C6H11NS. The minimum absolute atomic E-state index is 0.506. The van der Waals surface area contributed by atoms with Gasteiger partial charge in [0.25, 0.3) is 0 Å². The fraction of sp³-hybridized carbons (Fsp3) is 0.500. The molecule has 0 aliphatic carbocycles. The number of thiocarbonyl (C=S) groups is 1. The van der Waals surface area contributed by atoms with E-state index in [0.29, 0.717) is 4.99 Å². The molecule has 0 amide bonds. The van der Waals surface area contributed by atoms with Crippen LogP contribution in [0, 0.1) is 0 Å². The van der Waals surface area contributed by atoms with Crippen LogP contribution in [0.15, 0.2) is 11.6 Å². The van der Waals surface area contributed by atoms with Gasteiger partial charge in [-0.05, 0) is 18.9 Å². The number of hydrogen-bond donors (Lipinski definition) is 1. The standard InChI is InChI=1S/C6H11NS/c1-3-4-5(2)6(7)8/h4H,3H2,1-2H3,(H2,7,8)/b5-4+. The average Bonchev–Trinajstić information content (AvgIpc) is 1.67. The quantitative estimate of drug-likeness (QED) is 0.453. The van der Waals surface area contributed by atoms with Gasteiger partial charge in [0.2, 0.25) is 0 Å². The van der Waals surface area contributed by atoms with Gasteiger partial charge >= 0.3 is 0 Å². The molecular weight excluding hydrogens is 118 g/mol. The van der Waals surface area contributed by atoms with Crippen molar-refractivity contribution in [2.75, 3.05) is 0 Å². The van der Waals surface area contributed by atoms with Crippen LogP contribution in [0.3, 0.4) is 0 Å². The van der Waals surface area contributed by atoms with Crippen molar-refractivity contribution >= 4 is 17.2 Å². The normalized spacial score (nSPS) is 11.5. The SMILES string of the molecule is CC/C=C(\C)C(N)=S. The van der Waals surface area contributed by atoms with E-state index < -0.39 is 0 Å². The van der Waals surface area contributed by atoms with Crippen molar-refractivity contribution in [3.05, 3.63) is 11.6 Å². The molecule has 0 radical (unpaired) electrons. The van der Waals surface area contributed by atoms with Gasteiger partial charge in [-0.25, -0.2) is 0 Å². The Morgan fingerprint density at radius 3 is 2.38 bits per heavy atom. The van der Waals surface area contributed by atoms with Gasteiger partial charge in [-0.15, -0.1) is 0 Å². The Morgan fingerprint density at radius 1 is 1.75 bits per heavy atom. The van der Waals surface area contributed by atoms with Crippen LogP contribution in [0.5, 0.6) is 0 Å². The van der Waals surface area contributed by atoms with Crippen molar-refractivity contribution in [3.63, 3.8) is 0 Å². The summed E-state index contributed by atoms with van der Waals surface area (Å²) in [6.07, 6.45) is 3.02. The zero-order chi connectivity index (χ0) is 6.57. The lowest BCUT2D eigenvalue weighted by molar-refractivity contribution is 1.20. The molecule has 0 unspecified atom stereocenters. The Labute approximate surface area is 55.6 Å². The van der Waals surface area contributed by atoms with E-state index in [0.717, 1.165) is 12.0 Å². The summed E-state index contributed by atoms with van der Waals surface area (Å²) in [5.41, 5.74) is 6.30. The largest absolute Gasteiger partial charge is 0.390 e. The van der Waals surface area contributed by atoms with E-state index in [9.17, 15) is 0 Å². The van der Waals surface area contributed by atoms with Crippen molar-refractivity contribution in [1.29, 1.82) is 0 Å². The van der Waals surface area contributed by atoms with Crippen molar-refractivity contribution in [2.45, 2.75) is 20.3 Å². The maximum atomic E-state index is 5.29. The maximum Gasteiger partial charge on any atom is 0.0988 e. The van der Waals surface area contributed by atoms with E-state index >= 15 is 0 Å². The van der Waals surface area contributed by atoms with Gasteiger partial charge in [-0.2, -0.15) is 0 Å². The average molecular weight is 129 g/mol. The highest BCUT2D eigenvalue weighted by Gasteiger charge is 1.87.